The first-order valence-corrected chi connectivity index (χ1v) is 18.0. The van der Waals surface area contributed by atoms with Crippen LogP contribution in [0.3, 0.4) is 0 Å². The zero-order chi connectivity index (χ0) is 36.3. The van der Waals surface area contributed by atoms with Crippen LogP contribution in [-0.4, -0.2) is 130 Å². The maximum atomic E-state index is 14.4. The number of nitrogens with one attached hydrogen (secondary N) is 3. The van der Waals surface area contributed by atoms with Crippen LogP contribution in [0.1, 0.15) is 87.0 Å². The lowest BCUT2D eigenvalue weighted by Gasteiger charge is -2.45. The van der Waals surface area contributed by atoms with E-state index in [2.05, 4.69) is 16.2 Å². The van der Waals surface area contributed by atoms with E-state index < -0.39 is 89.8 Å². The van der Waals surface area contributed by atoms with Crippen LogP contribution < -0.4 is 16.2 Å². The number of aliphatic hydroxyl groups is 1. The second-order valence-corrected chi connectivity index (χ2v) is 15.2. The summed E-state index contributed by atoms with van der Waals surface area (Å²) >= 11 is 0. The van der Waals surface area contributed by atoms with Crippen LogP contribution in [0.25, 0.3) is 0 Å². The molecule has 49 heavy (non-hydrogen) atoms. The molecule has 9 atom stereocenters. The van der Waals surface area contributed by atoms with Crippen LogP contribution >= 0.6 is 0 Å². The Bertz CT molecular complexity index is 1260. The smallest absolute Gasteiger partial charge is 0.329 e. The van der Waals surface area contributed by atoms with E-state index in [9.17, 15) is 33.9 Å². The molecule has 4 fully saturated rings. The number of carbonyl (C=O) groups is 6. The third-order valence-electron chi connectivity index (χ3n) is 10.4. The molecule has 5 amide bonds. The van der Waals surface area contributed by atoms with Gasteiger partial charge in [0, 0.05) is 39.0 Å². The van der Waals surface area contributed by atoms with Crippen molar-refractivity contribution >= 4 is 35.5 Å². The van der Waals surface area contributed by atoms with Gasteiger partial charge in [0.05, 0.1) is 6.10 Å². The largest absolute Gasteiger partial charge is 0.450 e. The first-order chi connectivity index (χ1) is 23.1. The van der Waals surface area contributed by atoms with Crippen molar-refractivity contribution in [3.05, 3.63) is 0 Å². The number of β-amino-alcohol motifs (C(OH)–C–C–N with tert-alkyl or cyclic N) is 1. The summed E-state index contributed by atoms with van der Waals surface area (Å²) in [6.45, 7) is 13.7. The molecule has 15 heteroatoms. The maximum Gasteiger partial charge on any atom is 0.329 e. The van der Waals surface area contributed by atoms with E-state index >= 15 is 0 Å². The molecule has 0 bridgehead atoms. The number of ether oxygens (including phenoxy) is 1. The van der Waals surface area contributed by atoms with Crippen molar-refractivity contribution in [3.63, 3.8) is 0 Å². The highest BCUT2D eigenvalue weighted by Crippen LogP contribution is 2.29. The molecule has 0 aromatic carbocycles. The predicted molar refractivity (Wildman–Crippen MR) is 179 cm³/mol. The van der Waals surface area contributed by atoms with Crippen molar-refractivity contribution in [3.8, 4) is 0 Å². The second-order valence-electron chi connectivity index (χ2n) is 15.2. The number of nitrogens with zero attached hydrogens (tertiary/aromatic N) is 4. The highest BCUT2D eigenvalue weighted by atomic mass is 16.6. The van der Waals surface area contributed by atoms with Crippen LogP contribution in [0, 0.1) is 23.7 Å². The lowest BCUT2D eigenvalue weighted by atomic mass is 9.96. The second kappa shape index (κ2) is 16.2. The van der Waals surface area contributed by atoms with Crippen molar-refractivity contribution in [2.45, 2.75) is 129 Å². The molecular formula is C34H57N7O8. The maximum absolute atomic E-state index is 14.4. The van der Waals surface area contributed by atoms with Gasteiger partial charge in [0.15, 0.2) is 6.10 Å². The molecule has 0 aromatic rings. The summed E-state index contributed by atoms with van der Waals surface area (Å²) in [4.78, 5) is 88.0. The number of cyclic esters (lactones) is 1. The van der Waals surface area contributed by atoms with E-state index in [-0.39, 0.29) is 37.8 Å². The zero-order valence-electron chi connectivity index (χ0n) is 30.3. The fourth-order valence-corrected chi connectivity index (χ4v) is 7.26. The number of rotatable bonds is 5. The van der Waals surface area contributed by atoms with Crippen LogP contribution in [0.2, 0.25) is 0 Å². The first-order valence-electron chi connectivity index (χ1n) is 18.0. The van der Waals surface area contributed by atoms with Gasteiger partial charge in [-0.25, -0.2) is 15.6 Å². The molecule has 4 aliphatic heterocycles. The number of esters is 1. The topological polar surface area (TPSA) is 181 Å². The molecule has 4 saturated heterocycles. The number of carbonyl (C=O) groups excluding carboxylic acids is 6. The monoisotopic (exact) mass is 691 g/mol. The van der Waals surface area contributed by atoms with Gasteiger partial charge < -0.3 is 25.0 Å². The average molecular weight is 692 g/mol. The Morgan fingerprint density at radius 1 is 0.878 bits per heavy atom. The Balaban J connectivity index is 1.84. The summed E-state index contributed by atoms with van der Waals surface area (Å²) in [5.41, 5.74) is 5.94. The van der Waals surface area contributed by atoms with Gasteiger partial charge in [0.25, 0.3) is 11.8 Å². The number of amides is 5. The Labute approximate surface area is 289 Å². The van der Waals surface area contributed by atoms with E-state index in [1.807, 2.05) is 27.7 Å². The Morgan fingerprint density at radius 2 is 1.55 bits per heavy atom. The van der Waals surface area contributed by atoms with Crippen LogP contribution in [0.15, 0.2) is 0 Å². The lowest BCUT2D eigenvalue weighted by Crippen LogP contribution is -2.69. The number of hydrogen-bond donors (Lipinski definition) is 4. The van der Waals surface area contributed by atoms with E-state index in [4.69, 9.17) is 4.74 Å². The minimum Gasteiger partial charge on any atom is -0.450 e. The molecule has 0 aromatic heterocycles. The summed E-state index contributed by atoms with van der Waals surface area (Å²) < 4.78 is 5.93. The first kappa shape index (κ1) is 38.5. The number of likely N-dealkylation sites (N-methyl/N-ethyl adjacent to an activating group) is 1. The third kappa shape index (κ3) is 8.37. The van der Waals surface area contributed by atoms with E-state index in [0.29, 0.717) is 32.2 Å². The fourth-order valence-electron chi connectivity index (χ4n) is 7.26. The van der Waals surface area contributed by atoms with Crippen LogP contribution in [-0.2, 0) is 33.5 Å². The quantitative estimate of drug-likeness (QED) is 0.290. The van der Waals surface area contributed by atoms with Gasteiger partial charge in [0.1, 0.15) is 30.2 Å². The number of fused-ring (bicyclic) bond motifs is 3. The zero-order valence-corrected chi connectivity index (χ0v) is 30.3. The Kier molecular flexibility index (Phi) is 12.7. The number of hydrogen-bond acceptors (Lipinski definition) is 10. The average Bonchev–Trinajstić information content (AvgIpc) is 3.47. The molecule has 1 unspecified atom stereocenters. The molecule has 4 N–H and O–H groups in total. The molecule has 0 aliphatic carbocycles. The standard InChI is InChI=1S/C34H57N7O8/c1-9-21(7)28-33(47)40-23(11-10-12-35-40)32(46)41-26(15-22(42)16-36-41)30(44)38(8)25(13-18(2)3)31(45)39-17-20(6)14-24(39)29(43)37-27(19(4)5)34(48)49-28/h18-28,35-36,42H,9-17H2,1-8H3,(H,37,43)/t20-,21?,22+,23-,24+,25-,26+,27-,28+/m1/s1. The van der Waals surface area contributed by atoms with Gasteiger partial charge in [-0.05, 0) is 49.9 Å². The minimum absolute atomic E-state index is 0.00592. The minimum atomic E-state index is -1.27. The van der Waals surface area contributed by atoms with Gasteiger partial charge in [-0.3, -0.25) is 34.0 Å². The molecule has 0 saturated carbocycles. The summed E-state index contributed by atoms with van der Waals surface area (Å²) in [6, 6.07) is -5.18. The highest BCUT2D eigenvalue weighted by molar-refractivity contribution is 5.97. The number of aliphatic hydroxyl groups excluding tert-OH is 1. The summed E-state index contributed by atoms with van der Waals surface area (Å²) in [5, 5.41) is 15.9. The van der Waals surface area contributed by atoms with Gasteiger partial charge in [-0.2, -0.15) is 0 Å². The Hall–Kier alpha value is -3.30. The van der Waals surface area contributed by atoms with Crippen molar-refractivity contribution in [1.29, 1.82) is 0 Å². The molecule has 0 spiro atoms. The molecular weight excluding hydrogens is 634 g/mol. The predicted octanol–water partition coefficient (Wildman–Crippen LogP) is 0.171. The van der Waals surface area contributed by atoms with Crippen molar-refractivity contribution in [1.82, 2.24) is 36.0 Å². The summed E-state index contributed by atoms with van der Waals surface area (Å²) in [7, 11) is 1.52. The fraction of sp³-hybridized carbons (Fsp3) is 0.824. The van der Waals surface area contributed by atoms with Crippen LogP contribution in [0.5, 0.6) is 0 Å². The molecule has 15 nitrogen and oxygen atoms in total. The van der Waals surface area contributed by atoms with Crippen molar-refractivity contribution in [2.75, 3.05) is 26.7 Å². The number of hydrazine groups is 2. The third-order valence-corrected chi connectivity index (χ3v) is 10.4. The molecule has 4 rings (SSSR count). The lowest BCUT2D eigenvalue weighted by molar-refractivity contribution is -0.175. The van der Waals surface area contributed by atoms with Gasteiger partial charge in [-0.15, -0.1) is 0 Å². The van der Waals surface area contributed by atoms with Crippen molar-refractivity contribution < 1.29 is 38.6 Å². The van der Waals surface area contributed by atoms with E-state index in [1.165, 1.54) is 26.9 Å². The molecule has 4 aliphatic rings. The van der Waals surface area contributed by atoms with E-state index in [0.717, 1.165) is 0 Å². The van der Waals surface area contributed by atoms with Crippen LogP contribution in [0.4, 0.5) is 0 Å². The van der Waals surface area contributed by atoms with Gasteiger partial charge >= 0.3 is 5.97 Å². The summed E-state index contributed by atoms with van der Waals surface area (Å²) in [5.74, 6) is -4.25. The normalized spacial score (nSPS) is 33.5. The molecule has 4 heterocycles. The molecule has 0 radical (unpaired) electrons. The highest BCUT2D eigenvalue weighted by Gasteiger charge is 2.48. The Morgan fingerprint density at radius 3 is 2.18 bits per heavy atom. The van der Waals surface area contributed by atoms with Gasteiger partial charge in [-0.1, -0.05) is 48.5 Å². The van der Waals surface area contributed by atoms with Gasteiger partial charge in [0.2, 0.25) is 17.7 Å². The molecule has 276 valence electrons. The van der Waals surface area contributed by atoms with E-state index in [1.54, 1.807) is 20.8 Å². The van der Waals surface area contributed by atoms with Crippen molar-refractivity contribution in [2.24, 2.45) is 23.7 Å². The summed E-state index contributed by atoms with van der Waals surface area (Å²) in [6.07, 6.45) is -0.303. The SMILES string of the molecule is CCC(C)[C@@H]1OC(=O)[C@@H](C(C)C)NC(=O)[C@@H]2C[C@@H](C)CN2C(=O)[C@@H](CC(C)C)N(C)C(=O)[C@@H]2C[C@H](O)CNN2C(=O)[C@H]2CCCNN2C1=O.